The van der Waals surface area contributed by atoms with E-state index in [0.29, 0.717) is 12.4 Å². The summed E-state index contributed by atoms with van der Waals surface area (Å²) in [4.78, 5) is 8.24. The fourth-order valence-electron chi connectivity index (χ4n) is 1.50. The van der Waals surface area contributed by atoms with E-state index in [4.69, 9.17) is 4.74 Å². The van der Waals surface area contributed by atoms with Crippen molar-refractivity contribution in [3.63, 3.8) is 0 Å². The Morgan fingerprint density at radius 1 is 1.24 bits per heavy atom. The zero-order chi connectivity index (χ0) is 12.1. The first-order valence-corrected chi connectivity index (χ1v) is 6.46. The van der Waals surface area contributed by atoms with Gasteiger partial charge < -0.3 is 4.74 Å². The Bertz CT molecular complexity index is 488. The van der Waals surface area contributed by atoms with Crippen LogP contribution in [0.1, 0.15) is 17.0 Å². The number of hydrogen-bond donors (Lipinski definition) is 0. The second-order valence-corrected chi connectivity index (χ2v) is 4.26. The number of ether oxygens (including phenoxy) is 1. The minimum Gasteiger partial charge on any atom is -0.485 e. The average molecular weight is 293 g/mol. The van der Waals surface area contributed by atoms with Gasteiger partial charge in [-0.2, -0.15) is 0 Å². The molecule has 0 atom stereocenters. The predicted molar refractivity (Wildman–Crippen MR) is 70.2 cm³/mol. The third-order valence-electron chi connectivity index (χ3n) is 2.34. The monoisotopic (exact) mass is 292 g/mol. The maximum Gasteiger partial charge on any atom is 0.166 e. The summed E-state index contributed by atoms with van der Waals surface area (Å²) in [6.45, 7) is 2.46. The molecule has 0 bridgehead atoms. The summed E-state index contributed by atoms with van der Waals surface area (Å²) in [6, 6.07) is 7.91. The van der Waals surface area contributed by atoms with Gasteiger partial charge >= 0.3 is 0 Å². The predicted octanol–water partition coefficient (Wildman–Crippen LogP) is 3.26. The molecule has 0 aliphatic rings. The minimum atomic E-state index is 0.393. The standard InChI is InChI=1S/C13H13BrN2O/c1-10-3-4-12(11(7-10)8-14)17-9-13-15-5-2-6-16-13/h2-7H,8-9H2,1H3. The van der Waals surface area contributed by atoms with Gasteiger partial charge in [-0.05, 0) is 19.1 Å². The molecule has 2 aromatic rings. The number of nitrogens with zero attached hydrogens (tertiary/aromatic N) is 2. The van der Waals surface area contributed by atoms with E-state index in [2.05, 4.69) is 38.9 Å². The molecule has 2 rings (SSSR count). The zero-order valence-corrected chi connectivity index (χ0v) is 11.1. The topological polar surface area (TPSA) is 35.0 Å². The molecule has 1 aromatic heterocycles. The smallest absolute Gasteiger partial charge is 0.166 e. The van der Waals surface area contributed by atoms with Crippen LogP contribution in [-0.4, -0.2) is 9.97 Å². The van der Waals surface area contributed by atoms with Crippen LogP contribution < -0.4 is 4.74 Å². The Balaban J connectivity index is 2.09. The molecule has 17 heavy (non-hydrogen) atoms. The molecular weight excluding hydrogens is 280 g/mol. The summed E-state index contributed by atoms with van der Waals surface area (Å²) in [6.07, 6.45) is 3.43. The number of hydrogen-bond acceptors (Lipinski definition) is 3. The van der Waals surface area contributed by atoms with E-state index in [0.717, 1.165) is 16.6 Å². The third-order valence-corrected chi connectivity index (χ3v) is 2.94. The lowest BCUT2D eigenvalue weighted by molar-refractivity contribution is 0.293. The molecule has 0 aliphatic carbocycles. The van der Waals surface area contributed by atoms with Crippen molar-refractivity contribution in [2.45, 2.75) is 18.9 Å². The van der Waals surface area contributed by atoms with Crippen molar-refractivity contribution < 1.29 is 4.74 Å². The van der Waals surface area contributed by atoms with Crippen molar-refractivity contribution in [1.82, 2.24) is 9.97 Å². The van der Waals surface area contributed by atoms with Crippen LogP contribution in [0.2, 0.25) is 0 Å². The van der Waals surface area contributed by atoms with Crippen molar-refractivity contribution in [2.75, 3.05) is 0 Å². The van der Waals surface area contributed by atoms with E-state index >= 15 is 0 Å². The molecular formula is C13H13BrN2O. The highest BCUT2D eigenvalue weighted by Crippen LogP contribution is 2.23. The van der Waals surface area contributed by atoms with Crippen molar-refractivity contribution in [1.29, 1.82) is 0 Å². The summed E-state index contributed by atoms with van der Waals surface area (Å²) in [5, 5.41) is 0.777. The Morgan fingerprint density at radius 2 is 2.00 bits per heavy atom. The molecule has 0 fully saturated rings. The molecule has 0 amide bonds. The largest absolute Gasteiger partial charge is 0.485 e. The van der Waals surface area contributed by atoms with E-state index in [1.54, 1.807) is 18.5 Å². The molecule has 88 valence electrons. The van der Waals surface area contributed by atoms with Crippen LogP contribution in [0, 0.1) is 6.92 Å². The summed E-state index contributed by atoms with van der Waals surface area (Å²) in [5.74, 6) is 1.56. The van der Waals surface area contributed by atoms with E-state index in [-0.39, 0.29) is 0 Å². The highest BCUT2D eigenvalue weighted by atomic mass is 79.9. The van der Waals surface area contributed by atoms with Crippen LogP contribution in [0.5, 0.6) is 5.75 Å². The van der Waals surface area contributed by atoms with Gasteiger partial charge in [0.1, 0.15) is 12.4 Å². The highest BCUT2D eigenvalue weighted by molar-refractivity contribution is 9.08. The summed E-state index contributed by atoms with van der Waals surface area (Å²) < 4.78 is 5.71. The Morgan fingerprint density at radius 3 is 2.71 bits per heavy atom. The van der Waals surface area contributed by atoms with Crippen LogP contribution in [0.3, 0.4) is 0 Å². The Kier molecular flexibility index (Phi) is 4.09. The lowest BCUT2D eigenvalue weighted by atomic mass is 10.1. The first-order valence-electron chi connectivity index (χ1n) is 5.34. The molecule has 1 heterocycles. The first kappa shape index (κ1) is 12.0. The zero-order valence-electron chi connectivity index (χ0n) is 9.56. The number of aromatic nitrogens is 2. The Labute approximate surface area is 109 Å². The summed E-state index contributed by atoms with van der Waals surface area (Å²) in [7, 11) is 0. The molecule has 0 saturated heterocycles. The second kappa shape index (κ2) is 5.77. The van der Waals surface area contributed by atoms with Crippen molar-refractivity contribution in [3.8, 4) is 5.75 Å². The van der Waals surface area contributed by atoms with E-state index in [1.807, 2.05) is 12.1 Å². The fraction of sp³-hybridized carbons (Fsp3) is 0.231. The highest BCUT2D eigenvalue weighted by Gasteiger charge is 2.04. The fourth-order valence-corrected chi connectivity index (χ4v) is 1.94. The lowest BCUT2D eigenvalue weighted by Gasteiger charge is -2.09. The molecule has 1 aromatic carbocycles. The van der Waals surface area contributed by atoms with Crippen LogP contribution in [-0.2, 0) is 11.9 Å². The van der Waals surface area contributed by atoms with Gasteiger partial charge in [0.2, 0.25) is 0 Å². The van der Waals surface area contributed by atoms with Gasteiger partial charge in [0.25, 0.3) is 0 Å². The van der Waals surface area contributed by atoms with Gasteiger partial charge in [-0.25, -0.2) is 9.97 Å². The van der Waals surface area contributed by atoms with Crippen LogP contribution in [0.4, 0.5) is 0 Å². The number of benzene rings is 1. The van der Waals surface area contributed by atoms with Crippen molar-refractivity contribution >= 4 is 15.9 Å². The molecule has 0 spiro atoms. The number of halogens is 1. The quantitative estimate of drug-likeness (QED) is 0.812. The van der Waals surface area contributed by atoms with E-state index in [9.17, 15) is 0 Å². The van der Waals surface area contributed by atoms with Crippen LogP contribution >= 0.6 is 15.9 Å². The van der Waals surface area contributed by atoms with Crippen molar-refractivity contribution in [2.24, 2.45) is 0 Å². The van der Waals surface area contributed by atoms with Gasteiger partial charge in [0.15, 0.2) is 5.82 Å². The summed E-state index contributed by atoms with van der Waals surface area (Å²) in [5.41, 5.74) is 2.36. The van der Waals surface area contributed by atoms with Crippen LogP contribution in [0.25, 0.3) is 0 Å². The Hall–Kier alpha value is -1.42. The third kappa shape index (κ3) is 3.27. The number of aryl methyl sites for hydroxylation is 1. The van der Waals surface area contributed by atoms with Crippen molar-refractivity contribution in [3.05, 3.63) is 53.6 Å². The molecule has 4 heteroatoms. The molecule has 0 aliphatic heterocycles. The van der Waals surface area contributed by atoms with Gasteiger partial charge in [-0.15, -0.1) is 0 Å². The number of alkyl halides is 1. The SMILES string of the molecule is Cc1ccc(OCc2ncccn2)c(CBr)c1. The molecule has 0 unspecified atom stereocenters. The van der Waals surface area contributed by atoms with Crippen LogP contribution in [0.15, 0.2) is 36.7 Å². The minimum absolute atomic E-state index is 0.393. The van der Waals surface area contributed by atoms with Gasteiger partial charge in [0, 0.05) is 23.3 Å². The lowest BCUT2D eigenvalue weighted by Crippen LogP contribution is -2.02. The number of rotatable bonds is 4. The summed E-state index contributed by atoms with van der Waals surface area (Å²) >= 11 is 3.46. The second-order valence-electron chi connectivity index (χ2n) is 3.70. The first-order chi connectivity index (χ1) is 8.29. The maximum absolute atomic E-state index is 5.71. The van der Waals surface area contributed by atoms with E-state index < -0.39 is 0 Å². The van der Waals surface area contributed by atoms with Gasteiger partial charge in [0.05, 0.1) is 0 Å². The van der Waals surface area contributed by atoms with Gasteiger partial charge in [-0.1, -0.05) is 33.6 Å². The molecule has 0 N–H and O–H groups in total. The normalized spacial score (nSPS) is 10.2. The van der Waals surface area contributed by atoms with Gasteiger partial charge in [-0.3, -0.25) is 0 Å². The molecule has 0 saturated carbocycles. The maximum atomic E-state index is 5.71. The molecule has 3 nitrogen and oxygen atoms in total. The van der Waals surface area contributed by atoms with E-state index in [1.165, 1.54) is 5.56 Å². The molecule has 0 radical (unpaired) electrons. The average Bonchev–Trinajstić information content (AvgIpc) is 2.38.